The molecule has 10 nitrogen and oxygen atoms in total. The van der Waals surface area contributed by atoms with Crippen LogP contribution in [0.25, 0.3) is 0 Å². The van der Waals surface area contributed by atoms with E-state index in [-0.39, 0.29) is 35.0 Å². The molecular formula is C23H21FN6O4. The van der Waals surface area contributed by atoms with Gasteiger partial charge in [0, 0.05) is 18.5 Å². The van der Waals surface area contributed by atoms with Crippen LogP contribution in [0.1, 0.15) is 33.4 Å². The third kappa shape index (κ3) is 5.09. The molecule has 0 bridgehead atoms. The number of methoxy groups -OCH3 is 1. The Morgan fingerprint density at radius 3 is 2.76 bits per heavy atom. The minimum atomic E-state index is -0.742. The van der Waals surface area contributed by atoms with Gasteiger partial charge in [0.2, 0.25) is 5.76 Å². The maximum Gasteiger partial charge on any atom is 0.289 e. The molecule has 4 rings (SSSR count). The van der Waals surface area contributed by atoms with Crippen molar-refractivity contribution in [1.82, 2.24) is 24.8 Å². The van der Waals surface area contributed by atoms with E-state index in [1.807, 2.05) is 12.1 Å². The Hall–Kier alpha value is -4.54. The summed E-state index contributed by atoms with van der Waals surface area (Å²) in [5, 5.41) is 2.53. The maximum atomic E-state index is 14.3. The Labute approximate surface area is 193 Å². The van der Waals surface area contributed by atoms with E-state index in [4.69, 9.17) is 14.9 Å². The van der Waals surface area contributed by atoms with Gasteiger partial charge < -0.3 is 24.8 Å². The van der Waals surface area contributed by atoms with E-state index < -0.39 is 11.7 Å². The Kier molecular flexibility index (Phi) is 6.62. The predicted molar refractivity (Wildman–Crippen MR) is 120 cm³/mol. The largest absolute Gasteiger partial charge is 0.491 e. The number of carbonyl (C=O) groups is 1. The first kappa shape index (κ1) is 22.6. The van der Waals surface area contributed by atoms with E-state index in [0.717, 1.165) is 11.3 Å². The van der Waals surface area contributed by atoms with Crippen LogP contribution in [0.5, 0.6) is 5.75 Å². The molecule has 0 fully saturated rings. The maximum absolute atomic E-state index is 14.3. The van der Waals surface area contributed by atoms with Crippen LogP contribution in [-0.4, -0.2) is 32.5 Å². The van der Waals surface area contributed by atoms with Gasteiger partial charge in [0.05, 0.1) is 56.1 Å². The van der Waals surface area contributed by atoms with Crippen molar-refractivity contribution in [3.63, 3.8) is 0 Å². The summed E-state index contributed by atoms with van der Waals surface area (Å²) < 4.78 is 26.3. The normalized spacial score (nSPS) is 10.8. The lowest BCUT2D eigenvalue weighted by Crippen LogP contribution is -2.23. The van der Waals surface area contributed by atoms with E-state index >= 15 is 0 Å². The fraction of sp³-hybridized carbons (Fsp3) is 0.174. The molecule has 11 heteroatoms. The van der Waals surface area contributed by atoms with Crippen molar-refractivity contribution in [2.45, 2.75) is 19.5 Å². The zero-order valence-electron chi connectivity index (χ0n) is 18.2. The number of pyridine rings is 3. The first-order valence-electron chi connectivity index (χ1n) is 10.2. The molecule has 0 unspecified atom stereocenters. The zero-order chi connectivity index (χ0) is 24.1. The molecule has 34 heavy (non-hydrogen) atoms. The standard InChI is InChI=1S/C23H21FN6O4/c1-33-22-16(25)10-27-17(21(22)24)11-29-23(32)18-12-28-19(34-18)8-14-5-6-15(26-9-14)13-30-7-3-2-4-20(30)31/h2-7,9-10,12H,8,11,13,25H2,1H3,(H,29,32). The van der Waals surface area contributed by atoms with Crippen molar-refractivity contribution >= 4 is 11.6 Å². The Morgan fingerprint density at radius 1 is 1.18 bits per heavy atom. The number of oxazole rings is 1. The number of halogens is 1. The topological polar surface area (TPSA) is 138 Å². The number of ether oxygens (including phenoxy) is 1. The number of hydrogen-bond acceptors (Lipinski definition) is 8. The van der Waals surface area contributed by atoms with Gasteiger partial charge in [0.25, 0.3) is 11.5 Å². The van der Waals surface area contributed by atoms with Crippen LogP contribution in [-0.2, 0) is 19.5 Å². The molecule has 1 amide bonds. The molecule has 0 atom stereocenters. The lowest BCUT2D eigenvalue weighted by molar-refractivity contribution is 0.0920. The number of aromatic nitrogens is 4. The van der Waals surface area contributed by atoms with E-state index in [2.05, 4.69) is 20.3 Å². The van der Waals surface area contributed by atoms with Crippen LogP contribution in [0.15, 0.2) is 64.3 Å². The summed E-state index contributed by atoms with van der Waals surface area (Å²) in [5.41, 5.74) is 7.08. The third-order valence-electron chi connectivity index (χ3n) is 4.94. The highest BCUT2D eigenvalue weighted by Crippen LogP contribution is 2.25. The molecule has 4 heterocycles. The Bertz CT molecular complexity index is 1370. The molecule has 0 aliphatic rings. The highest BCUT2D eigenvalue weighted by atomic mass is 19.1. The summed E-state index contributed by atoms with van der Waals surface area (Å²) in [4.78, 5) is 36.6. The van der Waals surface area contributed by atoms with Crippen molar-refractivity contribution in [2.75, 3.05) is 12.8 Å². The van der Waals surface area contributed by atoms with E-state index in [9.17, 15) is 14.0 Å². The van der Waals surface area contributed by atoms with Crippen LogP contribution >= 0.6 is 0 Å². The van der Waals surface area contributed by atoms with E-state index in [1.165, 1.54) is 25.6 Å². The van der Waals surface area contributed by atoms with Gasteiger partial charge in [0.1, 0.15) is 0 Å². The van der Waals surface area contributed by atoms with Gasteiger partial charge in [-0.05, 0) is 17.7 Å². The van der Waals surface area contributed by atoms with Crippen molar-refractivity contribution in [1.29, 1.82) is 0 Å². The Morgan fingerprint density at radius 2 is 2.03 bits per heavy atom. The monoisotopic (exact) mass is 464 g/mol. The second kappa shape index (κ2) is 9.94. The fourth-order valence-corrected chi connectivity index (χ4v) is 3.19. The highest BCUT2D eigenvalue weighted by Gasteiger charge is 2.17. The van der Waals surface area contributed by atoms with Gasteiger partial charge in [-0.3, -0.25) is 19.6 Å². The van der Waals surface area contributed by atoms with Gasteiger partial charge in [-0.25, -0.2) is 9.37 Å². The van der Waals surface area contributed by atoms with Crippen molar-refractivity contribution in [2.24, 2.45) is 0 Å². The second-order valence-corrected chi connectivity index (χ2v) is 7.31. The molecule has 0 saturated carbocycles. The minimum Gasteiger partial charge on any atom is -0.491 e. The fourth-order valence-electron chi connectivity index (χ4n) is 3.19. The van der Waals surface area contributed by atoms with Gasteiger partial charge >= 0.3 is 0 Å². The number of carbonyl (C=O) groups excluding carboxylic acids is 1. The summed E-state index contributed by atoms with van der Waals surface area (Å²) in [6.45, 7) is 0.172. The second-order valence-electron chi connectivity index (χ2n) is 7.31. The molecule has 0 aliphatic carbocycles. The zero-order valence-corrected chi connectivity index (χ0v) is 18.2. The van der Waals surface area contributed by atoms with E-state index in [1.54, 1.807) is 29.1 Å². The van der Waals surface area contributed by atoms with Gasteiger partial charge in [-0.2, -0.15) is 0 Å². The van der Waals surface area contributed by atoms with Crippen LogP contribution in [0.2, 0.25) is 0 Å². The molecule has 0 radical (unpaired) electrons. The summed E-state index contributed by atoms with van der Waals surface area (Å²) in [7, 11) is 1.29. The van der Waals surface area contributed by atoms with Crippen molar-refractivity contribution in [3.05, 3.63) is 99.9 Å². The molecule has 0 saturated heterocycles. The average Bonchev–Trinajstić information content (AvgIpc) is 3.30. The molecular weight excluding hydrogens is 443 g/mol. The molecule has 174 valence electrons. The summed E-state index contributed by atoms with van der Waals surface area (Å²) in [5.74, 6) is -1.15. The number of rotatable bonds is 8. The van der Waals surface area contributed by atoms with E-state index in [0.29, 0.717) is 18.9 Å². The minimum absolute atomic E-state index is 0.0224. The van der Waals surface area contributed by atoms with Crippen LogP contribution < -0.4 is 21.3 Å². The number of amides is 1. The number of nitrogen functional groups attached to an aromatic ring is 1. The van der Waals surface area contributed by atoms with Crippen molar-refractivity contribution < 1.29 is 18.3 Å². The summed E-state index contributed by atoms with van der Waals surface area (Å²) in [6.07, 6.45) is 6.23. The smallest absolute Gasteiger partial charge is 0.289 e. The number of nitrogens with one attached hydrogen (secondary N) is 1. The predicted octanol–water partition coefficient (Wildman–Crippen LogP) is 1.93. The van der Waals surface area contributed by atoms with Crippen LogP contribution in [0.3, 0.4) is 0 Å². The summed E-state index contributed by atoms with van der Waals surface area (Å²) in [6, 6.07) is 8.62. The first-order valence-corrected chi connectivity index (χ1v) is 10.2. The highest BCUT2D eigenvalue weighted by molar-refractivity contribution is 5.91. The molecule has 0 aliphatic heterocycles. The number of nitrogens with zero attached hydrogens (tertiary/aromatic N) is 4. The SMILES string of the molecule is COc1c(N)cnc(CNC(=O)c2cnc(Cc3ccc(Cn4ccccc4=O)nc3)o2)c1F. The third-order valence-corrected chi connectivity index (χ3v) is 4.94. The van der Waals surface area contributed by atoms with Crippen LogP contribution in [0.4, 0.5) is 10.1 Å². The first-order chi connectivity index (χ1) is 16.4. The van der Waals surface area contributed by atoms with Crippen molar-refractivity contribution in [3.8, 4) is 5.75 Å². The lowest BCUT2D eigenvalue weighted by atomic mass is 10.2. The number of hydrogen-bond donors (Lipinski definition) is 2. The number of anilines is 1. The molecule has 4 aromatic heterocycles. The average molecular weight is 464 g/mol. The molecule has 3 N–H and O–H groups in total. The van der Waals surface area contributed by atoms with Gasteiger partial charge in [-0.1, -0.05) is 12.1 Å². The van der Waals surface area contributed by atoms with Gasteiger partial charge in [-0.15, -0.1) is 0 Å². The van der Waals surface area contributed by atoms with Crippen LogP contribution in [0, 0.1) is 5.82 Å². The number of nitrogens with two attached hydrogens (primary N) is 1. The summed E-state index contributed by atoms with van der Waals surface area (Å²) >= 11 is 0. The quantitative estimate of drug-likeness (QED) is 0.403. The molecule has 0 spiro atoms. The molecule has 4 aromatic rings. The lowest BCUT2D eigenvalue weighted by Gasteiger charge is -2.09. The van der Waals surface area contributed by atoms with Gasteiger partial charge in [0.15, 0.2) is 17.5 Å². The Balaban J connectivity index is 1.35. The molecule has 0 aromatic carbocycles.